The van der Waals surface area contributed by atoms with E-state index in [1.165, 1.54) is 5.56 Å². The molecule has 0 fully saturated rings. The molecule has 0 spiro atoms. The lowest BCUT2D eigenvalue weighted by Gasteiger charge is -2.08. The lowest BCUT2D eigenvalue weighted by atomic mass is 10.1. The molecule has 1 aromatic carbocycles. The van der Waals surface area contributed by atoms with Gasteiger partial charge < -0.3 is 4.74 Å². The third kappa shape index (κ3) is 5.06. The molecule has 0 bridgehead atoms. The highest BCUT2D eigenvalue weighted by Gasteiger charge is 2.05. The Morgan fingerprint density at radius 1 is 1.22 bits per heavy atom. The molecular formula is C13H21NO3S. The van der Waals surface area contributed by atoms with Gasteiger partial charge in [-0.1, -0.05) is 18.2 Å². The Morgan fingerprint density at radius 2 is 1.94 bits per heavy atom. The van der Waals surface area contributed by atoms with E-state index in [0.29, 0.717) is 6.54 Å². The summed E-state index contributed by atoms with van der Waals surface area (Å²) in [6, 6.07) is 7.90. The van der Waals surface area contributed by atoms with Gasteiger partial charge in [0.05, 0.1) is 12.9 Å². The van der Waals surface area contributed by atoms with Crippen molar-refractivity contribution >= 4 is 10.0 Å². The summed E-state index contributed by atoms with van der Waals surface area (Å²) >= 11 is 0. The normalized spacial score (nSPS) is 11.4. The number of hydrogen-bond acceptors (Lipinski definition) is 3. The molecule has 0 radical (unpaired) electrons. The first-order valence-electron chi connectivity index (χ1n) is 6.18. The van der Waals surface area contributed by atoms with Crippen LogP contribution in [0.4, 0.5) is 0 Å². The molecule has 1 N–H and O–H groups in total. The first-order valence-corrected chi connectivity index (χ1v) is 7.83. The molecule has 0 saturated carbocycles. The van der Waals surface area contributed by atoms with Crippen LogP contribution in [0.15, 0.2) is 24.3 Å². The second-order valence-electron chi connectivity index (χ2n) is 4.07. The average molecular weight is 271 g/mol. The van der Waals surface area contributed by atoms with Crippen LogP contribution >= 0.6 is 0 Å². The molecule has 0 heterocycles. The van der Waals surface area contributed by atoms with E-state index in [4.69, 9.17) is 4.74 Å². The molecule has 0 aliphatic carbocycles. The van der Waals surface area contributed by atoms with Crippen molar-refractivity contribution in [2.75, 3.05) is 19.4 Å². The second-order valence-corrected chi connectivity index (χ2v) is 6.16. The number of aryl methyl sites for hydroxylation is 1. The summed E-state index contributed by atoms with van der Waals surface area (Å²) in [5.41, 5.74) is 1.17. The smallest absolute Gasteiger partial charge is 0.211 e. The quantitative estimate of drug-likeness (QED) is 0.735. The molecule has 102 valence electrons. The Kier molecular flexibility index (Phi) is 6.15. The Hall–Kier alpha value is -1.07. The number of hydrogen-bond donors (Lipinski definition) is 1. The van der Waals surface area contributed by atoms with Gasteiger partial charge >= 0.3 is 0 Å². The number of sulfonamides is 1. The molecule has 0 aliphatic heterocycles. The number of benzene rings is 1. The fourth-order valence-corrected chi connectivity index (χ4v) is 2.34. The number of unbranched alkanes of at least 4 members (excludes halogenated alkanes) is 1. The highest BCUT2D eigenvalue weighted by atomic mass is 32.2. The Morgan fingerprint density at radius 3 is 2.61 bits per heavy atom. The van der Waals surface area contributed by atoms with E-state index < -0.39 is 10.0 Å². The van der Waals surface area contributed by atoms with E-state index in [0.717, 1.165) is 25.0 Å². The summed E-state index contributed by atoms with van der Waals surface area (Å²) in [5.74, 6) is 1.03. The van der Waals surface area contributed by atoms with Crippen molar-refractivity contribution in [1.29, 1.82) is 0 Å². The zero-order chi connectivity index (χ0) is 13.4. The molecule has 1 rings (SSSR count). The van der Waals surface area contributed by atoms with Crippen LogP contribution in [-0.4, -0.2) is 27.8 Å². The van der Waals surface area contributed by atoms with Gasteiger partial charge in [-0.25, -0.2) is 13.1 Å². The van der Waals surface area contributed by atoms with Crippen molar-refractivity contribution in [3.63, 3.8) is 0 Å². The van der Waals surface area contributed by atoms with Gasteiger partial charge in [-0.05, 0) is 37.8 Å². The van der Waals surface area contributed by atoms with Gasteiger partial charge in [-0.15, -0.1) is 0 Å². The summed E-state index contributed by atoms with van der Waals surface area (Å²) in [6.07, 6.45) is 2.67. The first-order chi connectivity index (χ1) is 8.59. The SMILES string of the molecule is CCS(=O)(=O)NCCCCc1ccccc1OC. The summed E-state index contributed by atoms with van der Waals surface area (Å²) in [4.78, 5) is 0. The molecule has 0 aliphatic rings. The van der Waals surface area contributed by atoms with Gasteiger partial charge in [0.25, 0.3) is 0 Å². The standard InChI is InChI=1S/C13H21NO3S/c1-3-18(15,16)14-11-7-6-9-12-8-4-5-10-13(12)17-2/h4-5,8,10,14H,3,6-7,9,11H2,1-2H3. The van der Waals surface area contributed by atoms with Crippen LogP contribution in [0.25, 0.3) is 0 Å². The van der Waals surface area contributed by atoms with Crippen LogP contribution in [0.5, 0.6) is 5.75 Å². The molecular weight excluding hydrogens is 250 g/mol. The van der Waals surface area contributed by atoms with Crippen molar-refractivity contribution < 1.29 is 13.2 Å². The van der Waals surface area contributed by atoms with E-state index in [1.807, 2.05) is 24.3 Å². The maximum atomic E-state index is 11.2. The average Bonchev–Trinajstić information content (AvgIpc) is 2.38. The predicted molar refractivity (Wildman–Crippen MR) is 73.4 cm³/mol. The molecule has 0 unspecified atom stereocenters. The zero-order valence-electron chi connectivity index (χ0n) is 11.0. The summed E-state index contributed by atoms with van der Waals surface area (Å²) in [7, 11) is -1.39. The van der Waals surface area contributed by atoms with Crippen LogP contribution < -0.4 is 9.46 Å². The van der Waals surface area contributed by atoms with Gasteiger partial charge in [0, 0.05) is 6.54 Å². The summed E-state index contributed by atoms with van der Waals surface area (Å²) in [5, 5.41) is 0. The number of rotatable bonds is 8. The minimum absolute atomic E-state index is 0.138. The highest BCUT2D eigenvalue weighted by molar-refractivity contribution is 7.89. The van der Waals surface area contributed by atoms with E-state index in [2.05, 4.69) is 4.72 Å². The predicted octanol–water partition coefficient (Wildman–Crippen LogP) is 1.96. The Labute approximate surface area is 109 Å². The Balaban J connectivity index is 2.30. The molecule has 0 aromatic heterocycles. The lowest BCUT2D eigenvalue weighted by molar-refractivity contribution is 0.409. The maximum Gasteiger partial charge on any atom is 0.211 e. The van der Waals surface area contributed by atoms with Crippen molar-refractivity contribution in [3.05, 3.63) is 29.8 Å². The number of ether oxygens (including phenoxy) is 1. The number of methoxy groups -OCH3 is 1. The third-order valence-corrected chi connectivity index (χ3v) is 4.17. The number of para-hydroxylation sites is 1. The molecule has 0 saturated heterocycles. The van der Waals surface area contributed by atoms with Crippen molar-refractivity contribution in [3.8, 4) is 5.75 Å². The molecule has 18 heavy (non-hydrogen) atoms. The Bertz CT molecular complexity index is 457. The highest BCUT2D eigenvalue weighted by Crippen LogP contribution is 2.19. The minimum atomic E-state index is -3.05. The lowest BCUT2D eigenvalue weighted by Crippen LogP contribution is -2.26. The van der Waals surface area contributed by atoms with Gasteiger partial charge in [-0.3, -0.25) is 0 Å². The molecule has 5 heteroatoms. The molecule has 0 amide bonds. The van der Waals surface area contributed by atoms with Crippen molar-refractivity contribution in [2.45, 2.75) is 26.2 Å². The van der Waals surface area contributed by atoms with Crippen LogP contribution in [0.3, 0.4) is 0 Å². The molecule has 1 aromatic rings. The van der Waals surface area contributed by atoms with E-state index in [-0.39, 0.29) is 5.75 Å². The van der Waals surface area contributed by atoms with Gasteiger partial charge in [0.1, 0.15) is 5.75 Å². The van der Waals surface area contributed by atoms with Crippen molar-refractivity contribution in [2.24, 2.45) is 0 Å². The van der Waals surface area contributed by atoms with Gasteiger partial charge in [-0.2, -0.15) is 0 Å². The maximum absolute atomic E-state index is 11.2. The summed E-state index contributed by atoms with van der Waals surface area (Å²) < 4.78 is 30.2. The largest absolute Gasteiger partial charge is 0.496 e. The van der Waals surface area contributed by atoms with Gasteiger partial charge in [0.2, 0.25) is 10.0 Å². The zero-order valence-corrected chi connectivity index (χ0v) is 11.8. The van der Waals surface area contributed by atoms with Crippen molar-refractivity contribution in [1.82, 2.24) is 4.72 Å². The van der Waals surface area contributed by atoms with Gasteiger partial charge in [0.15, 0.2) is 0 Å². The number of nitrogens with one attached hydrogen (secondary N) is 1. The summed E-state index contributed by atoms with van der Waals surface area (Å²) in [6.45, 7) is 2.14. The van der Waals surface area contributed by atoms with Crippen LogP contribution in [-0.2, 0) is 16.4 Å². The topological polar surface area (TPSA) is 55.4 Å². The van der Waals surface area contributed by atoms with E-state index in [9.17, 15) is 8.42 Å². The minimum Gasteiger partial charge on any atom is -0.496 e. The van der Waals surface area contributed by atoms with Crippen LogP contribution in [0.2, 0.25) is 0 Å². The fourth-order valence-electron chi connectivity index (χ4n) is 1.68. The molecule has 4 nitrogen and oxygen atoms in total. The first kappa shape index (κ1) is 15.0. The molecule has 0 atom stereocenters. The fraction of sp³-hybridized carbons (Fsp3) is 0.538. The monoisotopic (exact) mass is 271 g/mol. The van der Waals surface area contributed by atoms with Crippen LogP contribution in [0.1, 0.15) is 25.3 Å². The van der Waals surface area contributed by atoms with E-state index in [1.54, 1.807) is 14.0 Å². The van der Waals surface area contributed by atoms with Crippen LogP contribution in [0, 0.1) is 0 Å². The third-order valence-electron chi connectivity index (χ3n) is 2.77. The second kappa shape index (κ2) is 7.38. The van der Waals surface area contributed by atoms with E-state index >= 15 is 0 Å².